The molecule has 0 amide bonds. The molecule has 162 valence electrons. The Bertz CT molecular complexity index is 1260. The van der Waals surface area contributed by atoms with Gasteiger partial charge in [-0.1, -0.05) is 66.7 Å². The highest BCUT2D eigenvalue weighted by Crippen LogP contribution is 2.50. The Balaban J connectivity index is 0.000000114. The molecule has 8 rings (SSSR count). The van der Waals surface area contributed by atoms with Crippen LogP contribution in [0.5, 0.6) is 0 Å². The number of ether oxygens (including phenoxy) is 2. The summed E-state index contributed by atoms with van der Waals surface area (Å²) < 4.78 is 10.1. The summed E-state index contributed by atoms with van der Waals surface area (Å²) in [6, 6.07) is 22.0. The van der Waals surface area contributed by atoms with Crippen molar-refractivity contribution in [3.05, 3.63) is 94.7 Å². The summed E-state index contributed by atoms with van der Waals surface area (Å²) in [7, 11) is 0. The zero-order valence-corrected chi connectivity index (χ0v) is 18.6. The average molecular weight is 443 g/mol. The maximum atomic E-state index is 9.26. The Morgan fingerprint density at radius 1 is 0.844 bits per heavy atom. The van der Waals surface area contributed by atoms with Gasteiger partial charge >= 0.3 is 0 Å². The van der Waals surface area contributed by atoms with E-state index in [-0.39, 0.29) is 18.3 Å². The maximum absolute atomic E-state index is 9.26. The van der Waals surface area contributed by atoms with Gasteiger partial charge in [0.15, 0.2) is 0 Å². The van der Waals surface area contributed by atoms with E-state index in [0.29, 0.717) is 0 Å². The lowest BCUT2D eigenvalue weighted by molar-refractivity contribution is 0.0821. The number of hydrogen-bond acceptors (Lipinski definition) is 4. The molecule has 2 saturated heterocycles. The van der Waals surface area contributed by atoms with Gasteiger partial charge in [0.05, 0.1) is 0 Å². The first-order valence-corrected chi connectivity index (χ1v) is 12.3. The van der Waals surface area contributed by atoms with Crippen LogP contribution in [0.15, 0.2) is 83.6 Å². The fourth-order valence-electron chi connectivity index (χ4n) is 4.94. The number of rotatable bonds is 0. The van der Waals surface area contributed by atoms with Crippen LogP contribution in [0.2, 0.25) is 0 Å². The van der Waals surface area contributed by atoms with E-state index >= 15 is 0 Å². The van der Waals surface area contributed by atoms with Crippen LogP contribution in [-0.4, -0.2) is 29.2 Å². The van der Waals surface area contributed by atoms with Crippen LogP contribution in [0.3, 0.4) is 0 Å². The number of hydrogen-bond donors (Lipinski definition) is 1. The second-order valence-electron chi connectivity index (χ2n) is 8.80. The molecule has 4 aromatic rings. The van der Waals surface area contributed by atoms with Crippen molar-refractivity contribution in [1.29, 1.82) is 0 Å². The lowest BCUT2D eigenvalue weighted by atomic mass is 9.86. The van der Waals surface area contributed by atoms with Crippen LogP contribution in [0.4, 0.5) is 0 Å². The van der Waals surface area contributed by atoms with Gasteiger partial charge in [-0.2, -0.15) is 11.3 Å². The molecule has 0 radical (unpaired) electrons. The molecule has 3 heterocycles. The third kappa shape index (κ3) is 3.78. The van der Waals surface area contributed by atoms with Crippen LogP contribution >= 0.6 is 11.3 Å². The smallest absolute Gasteiger partial charge is 0.215 e. The summed E-state index contributed by atoms with van der Waals surface area (Å²) in [5.41, 5.74) is 3.17. The van der Waals surface area contributed by atoms with Crippen molar-refractivity contribution in [2.75, 3.05) is 0 Å². The van der Waals surface area contributed by atoms with Crippen molar-refractivity contribution in [3.63, 3.8) is 0 Å². The molecule has 3 aromatic carbocycles. The molecular weight excluding hydrogens is 416 g/mol. The molecule has 0 saturated carbocycles. The highest BCUT2D eigenvalue weighted by atomic mass is 32.1. The third-order valence-corrected chi connectivity index (χ3v) is 7.36. The fraction of sp³-hybridized carbons (Fsp3) is 0.286. The number of aliphatic hydroxyl groups is 1. The average Bonchev–Trinajstić information content (AvgIpc) is 3.69. The van der Waals surface area contributed by atoms with Gasteiger partial charge in [0.1, 0.15) is 18.3 Å². The first-order valence-electron chi connectivity index (χ1n) is 11.4. The van der Waals surface area contributed by atoms with Gasteiger partial charge < -0.3 is 14.6 Å². The lowest BCUT2D eigenvalue weighted by Crippen LogP contribution is -2.19. The van der Waals surface area contributed by atoms with E-state index in [4.69, 9.17) is 9.47 Å². The van der Waals surface area contributed by atoms with Gasteiger partial charge in [-0.25, -0.2) is 0 Å². The van der Waals surface area contributed by atoms with Crippen molar-refractivity contribution in [3.8, 4) is 0 Å². The molecule has 4 heteroatoms. The van der Waals surface area contributed by atoms with Crippen molar-refractivity contribution >= 4 is 32.9 Å². The summed E-state index contributed by atoms with van der Waals surface area (Å²) in [5.74, 6) is -0.947. The predicted octanol–water partition coefficient (Wildman–Crippen LogP) is 6.03. The van der Waals surface area contributed by atoms with E-state index < -0.39 is 5.79 Å². The molecule has 2 aliphatic carbocycles. The van der Waals surface area contributed by atoms with Crippen LogP contribution in [-0.2, 0) is 22.3 Å². The number of epoxide rings is 2. The van der Waals surface area contributed by atoms with E-state index in [2.05, 4.69) is 48.5 Å². The van der Waals surface area contributed by atoms with Gasteiger partial charge in [0.25, 0.3) is 0 Å². The summed E-state index contributed by atoms with van der Waals surface area (Å²) >= 11 is 1.71. The van der Waals surface area contributed by atoms with E-state index in [1.807, 2.05) is 29.0 Å². The van der Waals surface area contributed by atoms with E-state index in [9.17, 15) is 5.11 Å². The van der Waals surface area contributed by atoms with E-state index in [1.165, 1.54) is 47.2 Å². The second kappa shape index (κ2) is 8.13. The summed E-state index contributed by atoms with van der Waals surface area (Å²) in [6.07, 6.45) is 9.07. The predicted molar refractivity (Wildman–Crippen MR) is 130 cm³/mol. The monoisotopic (exact) mass is 442 g/mol. The zero-order chi connectivity index (χ0) is 21.5. The van der Waals surface area contributed by atoms with Crippen molar-refractivity contribution < 1.29 is 14.6 Å². The highest BCUT2D eigenvalue weighted by Gasteiger charge is 2.68. The molecule has 3 nitrogen and oxygen atoms in total. The van der Waals surface area contributed by atoms with Crippen molar-refractivity contribution in [2.45, 2.75) is 49.8 Å². The SMILES string of the molecule is OC12C=CC3OC3C1O2.c1ccc2c(c1)ccc1c3c(ccc12)CCCC3.c1ccsc1. The van der Waals surface area contributed by atoms with E-state index in [1.54, 1.807) is 28.5 Å². The molecule has 1 aromatic heterocycles. The molecule has 4 aliphatic rings. The normalized spacial score (nSPS) is 28.3. The van der Waals surface area contributed by atoms with Crippen LogP contribution in [0, 0.1) is 0 Å². The van der Waals surface area contributed by atoms with Crippen molar-refractivity contribution in [2.24, 2.45) is 0 Å². The first-order chi connectivity index (χ1) is 15.7. The number of benzene rings is 3. The topological polar surface area (TPSA) is 45.3 Å². The van der Waals surface area contributed by atoms with Crippen molar-refractivity contribution in [1.82, 2.24) is 0 Å². The number of thiophene rings is 1. The van der Waals surface area contributed by atoms with E-state index in [0.717, 1.165) is 0 Å². The minimum atomic E-state index is -0.947. The van der Waals surface area contributed by atoms with Gasteiger partial charge in [-0.05, 0) is 75.2 Å². The Hall–Kier alpha value is -2.50. The molecule has 0 spiro atoms. The minimum Gasteiger partial charge on any atom is -0.362 e. The van der Waals surface area contributed by atoms with Gasteiger partial charge in [-0.3, -0.25) is 0 Å². The van der Waals surface area contributed by atoms with Crippen LogP contribution in [0.1, 0.15) is 24.0 Å². The summed E-state index contributed by atoms with van der Waals surface area (Å²) in [4.78, 5) is 0. The van der Waals surface area contributed by atoms with Crippen LogP contribution in [0.25, 0.3) is 21.5 Å². The number of aryl methyl sites for hydroxylation is 2. The Morgan fingerprint density at radius 2 is 1.66 bits per heavy atom. The molecule has 32 heavy (non-hydrogen) atoms. The lowest BCUT2D eigenvalue weighted by Gasteiger charge is -2.18. The maximum Gasteiger partial charge on any atom is 0.215 e. The zero-order valence-electron chi connectivity index (χ0n) is 17.8. The Morgan fingerprint density at radius 3 is 2.47 bits per heavy atom. The molecule has 2 fully saturated rings. The fourth-order valence-corrected chi connectivity index (χ4v) is 5.40. The van der Waals surface area contributed by atoms with Gasteiger partial charge in [0.2, 0.25) is 5.79 Å². The largest absolute Gasteiger partial charge is 0.362 e. The Kier molecular flexibility index (Phi) is 5.11. The minimum absolute atomic E-state index is 0.0625. The molecule has 4 atom stereocenters. The molecule has 1 N–H and O–H groups in total. The Labute approximate surface area is 191 Å². The quantitative estimate of drug-likeness (QED) is 0.205. The molecule has 2 aliphatic heterocycles. The third-order valence-electron chi connectivity index (χ3n) is 6.73. The standard InChI is InChI=1S/C18H16.C6H6O3.C4H4S/c1-3-7-15-13(5-1)9-11-18-16-8-4-2-6-14(16)10-12-17(15)18;7-6-2-1-3-4(8-3)5(6)9-6;1-2-4-5-3-1/h1,3,5,7,9-12H,2,4,6,8H2;1-5,7H;1-4H. The van der Waals surface area contributed by atoms with Crippen LogP contribution < -0.4 is 0 Å². The molecule has 0 bridgehead atoms. The molecular formula is C28H26O3S. The highest BCUT2D eigenvalue weighted by molar-refractivity contribution is 7.07. The molecule has 4 unspecified atom stereocenters. The second-order valence-corrected chi connectivity index (χ2v) is 9.62. The van der Waals surface area contributed by atoms with Gasteiger partial charge in [-0.15, -0.1) is 0 Å². The van der Waals surface area contributed by atoms with Gasteiger partial charge in [0, 0.05) is 0 Å². The summed E-state index contributed by atoms with van der Waals surface area (Å²) in [6.45, 7) is 0. The summed E-state index contributed by atoms with van der Waals surface area (Å²) in [5, 5.41) is 19.0. The first kappa shape index (κ1) is 20.1. The number of fused-ring (bicyclic) bond motifs is 8.